The molecule has 10 aromatic carbocycles. The van der Waals surface area contributed by atoms with Crippen LogP contribution >= 0.6 is 0 Å². The molecule has 0 bridgehead atoms. The highest BCUT2D eigenvalue weighted by molar-refractivity contribution is 5.80. The Kier molecular flexibility index (Phi) is 17.6. The van der Waals surface area contributed by atoms with E-state index in [1.165, 1.54) is 33.9 Å². The fourth-order valence-electron chi connectivity index (χ4n) is 8.97. The van der Waals surface area contributed by atoms with Gasteiger partial charge in [-0.25, -0.2) is 0 Å². The van der Waals surface area contributed by atoms with Gasteiger partial charge in [0, 0.05) is 89.4 Å². The first-order chi connectivity index (χ1) is 36.7. The lowest BCUT2D eigenvalue weighted by Gasteiger charge is -2.27. The first-order valence-corrected chi connectivity index (χ1v) is 26.3. The first kappa shape index (κ1) is 53.5. The molecule has 382 valence electrons. The van der Waals surface area contributed by atoms with E-state index >= 15 is 0 Å². The smallest absolute Gasteiger partial charge is 0.0463 e. The fourth-order valence-corrected chi connectivity index (χ4v) is 8.97. The topological polar surface area (TPSA) is 16.2 Å². The number of para-hydroxylation sites is 6. The zero-order valence-electron chi connectivity index (χ0n) is 45.8. The highest BCUT2D eigenvalue weighted by Crippen LogP contribution is 2.38. The number of hydrogen-bond donors (Lipinski definition) is 0. The third-order valence-electron chi connectivity index (χ3n) is 13.6. The lowest BCUT2D eigenvalue weighted by Crippen LogP contribution is -2.14. The van der Waals surface area contributed by atoms with Gasteiger partial charge in [-0.15, -0.1) is 0 Å². The second-order valence-electron chi connectivity index (χ2n) is 21.0. The minimum Gasteiger partial charge on any atom is -0.345 e. The molecule has 0 aliphatic rings. The van der Waals surface area contributed by atoms with Crippen molar-refractivity contribution in [2.24, 2.45) is 0 Å². The van der Waals surface area contributed by atoms with Crippen molar-refractivity contribution in [2.45, 2.75) is 52.4 Å². The summed E-state index contributed by atoms with van der Waals surface area (Å²) in [6.07, 6.45) is 0. The number of nitrogens with zero attached hydrogens (tertiary/aromatic N) is 5. The molecule has 0 saturated heterocycles. The van der Waals surface area contributed by atoms with Crippen LogP contribution in [0.2, 0.25) is 0 Å². The second kappa shape index (κ2) is 25.0. The largest absolute Gasteiger partial charge is 0.345 e. The molecule has 5 nitrogen and oxygen atoms in total. The third kappa shape index (κ3) is 13.9. The highest BCUT2D eigenvalue weighted by atomic mass is 15.2. The summed E-state index contributed by atoms with van der Waals surface area (Å²) in [7, 11) is 6.31. The van der Waals surface area contributed by atoms with E-state index in [2.05, 4.69) is 354 Å². The fraction of sp³-hybridized carbons (Fsp3) is 0.155. The lowest BCUT2D eigenvalue weighted by atomic mass is 9.87. The van der Waals surface area contributed by atoms with Crippen molar-refractivity contribution in [3.05, 3.63) is 290 Å². The van der Waals surface area contributed by atoms with E-state index in [0.717, 1.165) is 45.5 Å². The molecule has 0 spiro atoms. The van der Waals surface area contributed by atoms with Gasteiger partial charge in [0.25, 0.3) is 0 Å². The van der Waals surface area contributed by atoms with E-state index in [1.54, 1.807) is 0 Å². The molecule has 0 amide bonds. The van der Waals surface area contributed by atoms with Gasteiger partial charge in [-0.1, -0.05) is 175 Å². The molecule has 0 saturated carbocycles. The van der Waals surface area contributed by atoms with Crippen molar-refractivity contribution < 1.29 is 0 Å². The van der Waals surface area contributed by atoms with Crippen molar-refractivity contribution in [2.75, 3.05) is 45.6 Å². The molecule has 0 unspecified atom stereocenters. The Labute approximate surface area is 454 Å². The molecule has 0 aliphatic carbocycles. The van der Waals surface area contributed by atoms with Gasteiger partial charge in [-0.3, -0.25) is 0 Å². The van der Waals surface area contributed by atoms with Crippen LogP contribution in [0.4, 0.5) is 68.2 Å². The van der Waals surface area contributed by atoms with E-state index in [1.807, 2.05) is 12.1 Å². The lowest BCUT2D eigenvalue weighted by molar-refractivity contribution is 0.590. The van der Waals surface area contributed by atoms with Gasteiger partial charge < -0.3 is 24.5 Å². The molecule has 10 aromatic rings. The predicted molar refractivity (Wildman–Crippen MR) is 330 cm³/mol. The Morgan fingerprint density at radius 2 is 0.329 bits per heavy atom. The number of hydrogen-bond acceptors (Lipinski definition) is 5. The van der Waals surface area contributed by atoms with Gasteiger partial charge in [0.15, 0.2) is 0 Å². The average Bonchev–Trinajstić information content (AvgIpc) is 3.47. The Morgan fingerprint density at radius 1 is 0.184 bits per heavy atom. The van der Waals surface area contributed by atoms with Crippen LogP contribution in [0, 0.1) is 0 Å². The zero-order valence-corrected chi connectivity index (χ0v) is 45.8. The summed E-state index contributed by atoms with van der Waals surface area (Å²) >= 11 is 0. The van der Waals surface area contributed by atoms with Crippen LogP contribution in [0.1, 0.15) is 52.7 Å². The van der Waals surface area contributed by atoms with Crippen molar-refractivity contribution >= 4 is 68.2 Å². The van der Waals surface area contributed by atoms with Gasteiger partial charge in [-0.05, 0) is 168 Å². The summed E-state index contributed by atoms with van der Waals surface area (Å²) in [5, 5.41) is 0. The summed E-state index contributed by atoms with van der Waals surface area (Å²) in [5.74, 6) is 0. The second-order valence-corrected chi connectivity index (χ2v) is 21.0. The Bertz CT molecular complexity index is 2940. The summed E-state index contributed by atoms with van der Waals surface area (Å²) in [5.41, 5.74) is 17.0. The van der Waals surface area contributed by atoms with Crippen LogP contribution < -0.4 is 24.5 Å². The maximum absolute atomic E-state index is 2.28. The van der Waals surface area contributed by atoms with E-state index in [0.29, 0.717) is 0 Å². The van der Waals surface area contributed by atoms with Gasteiger partial charge in [0.05, 0.1) is 0 Å². The molecule has 0 atom stereocenters. The summed E-state index contributed by atoms with van der Waals surface area (Å²) in [6, 6.07) is 97.9. The van der Waals surface area contributed by atoms with Crippen molar-refractivity contribution in [3.63, 3.8) is 0 Å². The van der Waals surface area contributed by atoms with Gasteiger partial charge in [0.2, 0.25) is 0 Å². The molecular weight excluding hydrogens is 923 g/mol. The van der Waals surface area contributed by atoms with Gasteiger partial charge >= 0.3 is 0 Å². The van der Waals surface area contributed by atoms with E-state index in [9.17, 15) is 0 Å². The minimum absolute atomic E-state index is 0.200. The molecule has 0 fully saturated rings. The van der Waals surface area contributed by atoms with Gasteiger partial charge in [0.1, 0.15) is 0 Å². The van der Waals surface area contributed by atoms with E-state index < -0.39 is 0 Å². The molecule has 10 rings (SSSR count). The van der Waals surface area contributed by atoms with Crippen LogP contribution in [-0.2, 0) is 10.8 Å². The maximum atomic E-state index is 2.28. The molecule has 0 N–H and O–H groups in total. The van der Waals surface area contributed by atoms with E-state index in [-0.39, 0.29) is 10.8 Å². The SMILES string of the molecule is CN(c1ccc(C(C)(C)C)cc1)c1ccc(C(C)(C)C)cc1.CN(c1ccc(N(c2ccccc2)c2ccccc2)cc1)c1ccc(N(c2ccccc2)c2ccccc2)cc1.CN(c1ccccc1)c1ccccc1. The van der Waals surface area contributed by atoms with Crippen molar-refractivity contribution in [3.8, 4) is 0 Å². The molecule has 0 aromatic heterocycles. The molecule has 0 aliphatic heterocycles. The average molecular weight is 996 g/mol. The normalized spacial score (nSPS) is 11.0. The molecule has 76 heavy (non-hydrogen) atoms. The van der Waals surface area contributed by atoms with Crippen LogP contribution in [-0.4, -0.2) is 21.1 Å². The van der Waals surface area contributed by atoms with E-state index in [4.69, 9.17) is 0 Å². The molecule has 0 heterocycles. The van der Waals surface area contributed by atoms with Crippen LogP contribution in [0.15, 0.2) is 279 Å². The maximum Gasteiger partial charge on any atom is 0.0463 e. The quantitative estimate of drug-likeness (QED) is 0.121. The zero-order chi connectivity index (χ0) is 53.5. The molecular formula is C71H73N5. The number of anilines is 12. The predicted octanol–water partition coefficient (Wildman–Crippen LogP) is 19.9. The Balaban J connectivity index is 0.000000177. The number of benzene rings is 10. The highest BCUT2D eigenvalue weighted by Gasteiger charge is 2.18. The van der Waals surface area contributed by atoms with Crippen molar-refractivity contribution in [1.82, 2.24) is 0 Å². The Morgan fingerprint density at radius 3 is 0.526 bits per heavy atom. The Hall–Kier alpha value is -8.80. The summed E-state index contributed by atoms with van der Waals surface area (Å²) < 4.78 is 0. The van der Waals surface area contributed by atoms with Gasteiger partial charge in [-0.2, -0.15) is 0 Å². The van der Waals surface area contributed by atoms with Crippen LogP contribution in [0.3, 0.4) is 0 Å². The molecule has 0 radical (unpaired) electrons. The number of rotatable bonds is 12. The monoisotopic (exact) mass is 996 g/mol. The van der Waals surface area contributed by atoms with Crippen LogP contribution in [0.5, 0.6) is 0 Å². The third-order valence-corrected chi connectivity index (χ3v) is 13.6. The standard InChI is InChI=1S/C37H31N3.C21H29N.C13H13N/c1-38(30-22-26-36(27-23-30)39(32-14-6-2-7-15-32)33-16-8-3-9-17-33)31-24-28-37(29-25-31)40(34-18-10-4-11-19-34)35-20-12-5-13-21-35;1-20(2,3)16-8-12-18(13-9-16)22(7)19-14-10-17(11-15-19)21(4,5)6;1-14(12-8-4-2-5-9-12)13-10-6-3-7-11-13/h2-29H,1H3;8-15H,1-7H3;2-11H,1H3. The first-order valence-electron chi connectivity index (χ1n) is 26.3. The van der Waals surface area contributed by atoms with Crippen LogP contribution in [0.25, 0.3) is 0 Å². The molecule has 5 heteroatoms. The van der Waals surface area contributed by atoms with Crippen molar-refractivity contribution in [1.29, 1.82) is 0 Å². The summed E-state index contributed by atoms with van der Waals surface area (Å²) in [6.45, 7) is 13.5. The summed E-state index contributed by atoms with van der Waals surface area (Å²) in [4.78, 5) is 11.2. The minimum atomic E-state index is 0.200.